The molecule has 1 aromatic carbocycles. The molecule has 0 spiro atoms. The summed E-state index contributed by atoms with van der Waals surface area (Å²) in [5, 5.41) is 12.6. The Kier molecular flexibility index (Phi) is 5.40. The van der Waals surface area contributed by atoms with E-state index < -0.39 is 0 Å². The van der Waals surface area contributed by atoms with Crippen molar-refractivity contribution in [3.8, 4) is 11.8 Å². The molecule has 1 aliphatic heterocycles. The highest BCUT2D eigenvalue weighted by atomic mass is 16.5. The second-order valence-corrected chi connectivity index (χ2v) is 5.49. The standard InChI is InChI=1S/C16H23N3O/c1-19(12-15-5-3-4-8-18-15)11-13-6-7-14(10-17)16(9-13)20-2/h6-7,9,15,18H,3-5,8,11-12H2,1-2H3. The lowest BCUT2D eigenvalue weighted by molar-refractivity contribution is 0.256. The van der Waals surface area contributed by atoms with Gasteiger partial charge in [-0.2, -0.15) is 5.26 Å². The first-order valence-corrected chi connectivity index (χ1v) is 7.22. The van der Waals surface area contributed by atoms with Gasteiger partial charge in [0.25, 0.3) is 0 Å². The smallest absolute Gasteiger partial charge is 0.136 e. The maximum atomic E-state index is 8.99. The molecule has 4 nitrogen and oxygen atoms in total. The van der Waals surface area contributed by atoms with Gasteiger partial charge >= 0.3 is 0 Å². The first-order chi connectivity index (χ1) is 9.72. The number of likely N-dealkylation sites (N-methyl/N-ethyl adjacent to an activating group) is 1. The lowest BCUT2D eigenvalue weighted by atomic mass is 10.0. The zero-order chi connectivity index (χ0) is 14.4. The number of piperidine rings is 1. The highest BCUT2D eigenvalue weighted by Gasteiger charge is 2.15. The summed E-state index contributed by atoms with van der Waals surface area (Å²) in [5.41, 5.74) is 1.77. The van der Waals surface area contributed by atoms with Gasteiger partial charge in [0.1, 0.15) is 11.8 Å². The molecule has 4 heteroatoms. The number of benzene rings is 1. The molecular formula is C16H23N3O. The summed E-state index contributed by atoms with van der Waals surface area (Å²) >= 11 is 0. The number of nitrogens with one attached hydrogen (secondary N) is 1. The van der Waals surface area contributed by atoms with Crippen LogP contribution in [-0.4, -0.2) is 38.2 Å². The highest BCUT2D eigenvalue weighted by Crippen LogP contribution is 2.20. The van der Waals surface area contributed by atoms with E-state index in [0.29, 0.717) is 17.4 Å². The molecule has 1 saturated heterocycles. The van der Waals surface area contributed by atoms with Crippen molar-refractivity contribution in [3.05, 3.63) is 29.3 Å². The fourth-order valence-electron chi connectivity index (χ4n) is 2.76. The number of methoxy groups -OCH3 is 1. The first kappa shape index (κ1) is 14.8. The minimum Gasteiger partial charge on any atom is -0.495 e. The van der Waals surface area contributed by atoms with E-state index in [-0.39, 0.29) is 0 Å². The van der Waals surface area contributed by atoms with Crippen molar-refractivity contribution in [3.63, 3.8) is 0 Å². The number of rotatable bonds is 5. The molecule has 0 aromatic heterocycles. The van der Waals surface area contributed by atoms with Gasteiger partial charge in [-0.25, -0.2) is 0 Å². The topological polar surface area (TPSA) is 48.3 Å². The molecule has 0 radical (unpaired) electrons. The highest BCUT2D eigenvalue weighted by molar-refractivity contribution is 5.45. The van der Waals surface area contributed by atoms with E-state index in [4.69, 9.17) is 10.00 Å². The van der Waals surface area contributed by atoms with Gasteiger partial charge in [0.2, 0.25) is 0 Å². The maximum absolute atomic E-state index is 8.99. The van der Waals surface area contributed by atoms with Gasteiger partial charge in [-0.15, -0.1) is 0 Å². The Morgan fingerprint density at radius 2 is 2.30 bits per heavy atom. The molecule has 1 aliphatic rings. The van der Waals surface area contributed by atoms with Crippen LogP contribution in [0.15, 0.2) is 18.2 Å². The fourth-order valence-corrected chi connectivity index (χ4v) is 2.76. The summed E-state index contributed by atoms with van der Waals surface area (Å²) in [5.74, 6) is 0.661. The van der Waals surface area contributed by atoms with E-state index in [1.54, 1.807) is 7.11 Å². The van der Waals surface area contributed by atoms with Crippen molar-refractivity contribution in [1.82, 2.24) is 10.2 Å². The molecule has 108 valence electrons. The van der Waals surface area contributed by atoms with Crippen molar-refractivity contribution in [1.29, 1.82) is 5.26 Å². The average Bonchev–Trinajstić information content (AvgIpc) is 2.48. The number of hydrogen-bond donors (Lipinski definition) is 1. The molecule has 20 heavy (non-hydrogen) atoms. The van der Waals surface area contributed by atoms with Gasteiger partial charge in [0.15, 0.2) is 0 Å². The van der Waals surface area contributed by atoms with Crippen LogP contribution in [-0.2, 0) is 6.54 Å². The third kappa shape index (κ3) is 3.96. The summed E-state index contributed by atoms with van der Waals surface area (Å²) in [6.07, 6.45) is 3.89. The van der Waals surface area contributed by atoms with Crippen LogP contribution in [0.3, 0.4) is 0 Å². The lowest BCUT2D eigenvalue weighted by Crippen LogP contribution is -2.42. The molecule has 0 bridgehead atoms. The quantitative estimate of drug-likeness (QED) is 0.893. The number of nitriles is 1. The predicted molar refractivity (Wildman–Crippen MR) is 79.7 cm³/mol. The molecule has 0 saturated carbocycles. The SMILES string of the molecule is COc1cc(CN(C)CC2CCCCN2)ccc1C#N. The second-order valence-electron chi connectivity index (χ2n) is 5.49. The summed E-state index contributed by atoms with van der Waals surface area (Å²) < 4.78 is 5.26. The van der Waals surface area contributed by atoms with E-state index in [1.165, 1.54) is 24.8 Å². The Labute approximate surface area is 121 Å². The molecule has 1 unspecified atom stereocenters. The molecule has 0 aliphatic carbocycles. The molecular weight excluding hydrogens is 250 g/mol. The van der Waals surface area contributed by atoms with Crippen LogP contribution < -0.4 is 10.1 Å². The van der Waals surface area contributed by atoms with Gasteiger partial charge in [-0.1, -0.05) is 12.5 Å². The van der Waals surface area contributed by atoms with Crippen molar-refractivity contribution < 1.29 is 4.74 Å². The normalized spacial score (nSPS) is 18.8. The van der Waals surface area contributed by atoms with E-state index in [0.717, 1.165) is 19.6 Å². The van der Waals surface area contributed by atoms with Crippen LogP contribution in [0.25, 0.3) is 0 Å². The van der Waals surface area contributed by atoms with Crippen molar-refractivity contribution in [2.45, 2.75) is 31.8 Å². The molecule has 1 aromatic rings. The zero-order valence-electron chi connectivity index (χ0n) is 12.4. The molecule has 2 rings (SSSR count). The third-order valence-electron chi connectivity index (χ3n) is 3.78. The fraction of sp³-hybridized carbons (Fsp3) is 0.562. The second kappa shape index (κ2) is 7.28. The van der Waals surface area contributed by atoms with Gasteiger partial charge in [0, 0.05) is 19.1 Å². The largest absolute Gasteiger partial charge is 0.495 e. The van der Waals surface area contributed by atoms with E-state index in [9.17, 15) is 0 Å². The van der Waals surface area contributed by atoms with Crippen LogP contribution in [0.2, 0.25) is 0 Å². The van der Waals surface area contributed by atoms with Gasteiger partial charge in [0.05, 0.1) is 12.7 Å². The molecule has 1 fully saturated rings. The molecule has 0 amide bonds. The van der Waals surface area contributed by atoms with Crippen molar-refractivity contribution >= 4 is 0 Å². The minimum absolute atomic E-state index is 0.591. The van der Waals surface area contributed by atoms with Gasteiger partial charge in [-0.05, 0) is 44.1 Å². The Hall–Kier alpha value is -1.57. The lowest BCUT2D eigenvalue weighted by Gasteiger charge is -2.28. The Balaban J connectivity index is 1.93. The molecule has 1 N–H and O–H groups in total. The van der Waals surface area contributed by atoms with Gasteiger partial charge in [-0.3, -0.25) is 0 Å². The monoisotopic (exact) mass is 273 g/mol. The Morgan fingerprint density at radius 1 is 1.45 bits per heavy atom. The first-order valence-electron chi connectivity index (χ1n) is 7.22. The average molecular weight is 273 g/mol. The van der Waals surface area contributed by atoms with Crippen LogP contribution in [0.4, 0.5) is 0 Å². The van der Waals surface area contributed by atoms with Gasteiger partial charge < -0.3 is 15.0 Å². The van der Waals surface area contributed by atoms with Crippen molar-refractivity contribution in [2.75, 3.05) is 27.2 Å². The summed E-state index contributed by atoms with van der Waals surface area (Å²) in [4.78, 5) is 2.32. The maximum Gasteiger partial charge on any atom is 0.136 e. The summed E-state index contributed by atoms with van der Waals surface area (Å²) in [6, 6.07) is 8.55. The van der Waals surface area contributed by atoms with Crippen LogP contribution >= 0.6 is 0 Å². The van der Waals surface area contributed by atoms with E-state index in [2.05, 4.69) is 23.3 Å². The Morgan fingerprint density at radius 3 is 2.95 bits per heavy atom. The van der Waals surface area contributed by atoms with Crippen LogP contribution in [0, 0.1) is 11.3 Å². The third-order valence-corrected chi connectivity index (χ3v) is 3.78. The Bertz CT molecular complexity index is 475. The van der Waals surface area contributed by atoms with Crippen LogP contribution in [0.5, 0.6) is 5.75 Å². The van der Waals surface area contributed by atoms with Crippen LogP contribution in [0.1, 0.15) is 30.4 Å². The van der Waals surface area contributed by atoms with Crippen molar-refractivity contribution in [2.24, 2.45) is 0 Å². The molecule has 1 atom stereocenters. The predicted octanol–water partition coefficient (Wildman–Crippen LogP) is 2.14. The van der Waals surface area contributed by atoms with E-state index in [1.807, 2.05) is 18.2 Å². The number of ether oxygens (including phenoxy) is 1. The van der Waals surface area contributed by atoms with E-state index >= 15 is 0 Å². The molecule has 1 heterocycles. The summed E-state index contributed by atoms with van der Waals surface area (Å²) in [6.45, 7) is 3.08. The summed E-state index contributed by atoms with van der Waals surface area (Å²) in [7, 11) is 3.75. The minimum atomic E-state index is 0.591. The zero-order valence-corrected chi connectivity index (χ0v) is 12.4. The number of nitrogens with zero attached hydrogens (tertiary/aromatic N) is 2. The number of hydrogen-bond acceptors (Lipinski definition) is 4.